The molecule has 0 radical (unpaired) electrons. The molecule has 0 bridgehead atoms. The molecule has 1 aromatic carbocycles. The number of amides is 1. The van der Waals surface area contributed by atoms with Gasteiger partial charge in [-0.05, 0) is 5.92 Å². The second kappa shape index (κ2) is 6.36. The molecule has 0 fully saturated rings. The number of nitrogens with zero attached hydrogens (tertiary/aromatic N) is 3. The Hall–Kier alpha value is -2.84. The first-order valence-electron chi connectivity index (χ1n) is 5.58. The Kier molecular flexibility index (Phi) is 4.84. The van der Waals surface area contributed by atoms with Crippen molar-refractivity contribution in [2.75, 3.05) is 0 Å². The summed E-state index contributed by atoms with van der Waals surface area (Å²) < 4.78 is 0. The van der Waals surface area contributed by atoms with Crippen molar-refractivity contribution in [1.82, 2.24) is 5.43 Å². The molecule has 0 aliphatic rings. The Bertz CT molecular complexity index is 550. The van der Waals surface area contributed by atoms with Crippen LogP contribution >= 0.6 is 0 Å². The van der Waals surface area contributed by atoms with Gasteiger partial charge in [0.25, 0.3) is 17.3 Å². The van der Waals surface area contributed by atoms with E-state index in [1.165, 1.54) is 6.21 Å². The zero-order valence-corrected chi connectivity index (χ0v) is 10.8. The van der Waals surface area contributed by atoms with Gasteiger partial charge in [-0.2, -0.15) is 5.10 Å². The molecule has 0 aromatic heterocycles. The SMILES string of the molecule is CC(C)/C=N\NC(=O)c1cc([N+](=O)[O-])cc([N+](=O)[O-])c1. The lowest BCUT2D eigenvalue weighted by Gasteiger charge is -2.01. The molecular weight excluding hydrogens is 268 g/mol. The molecule has 0 atom stereocenters. The summed E-state index contributed by atoms with van der Waals surface area (Å²) >= 11 is 0. The van der Waals surface area contributed by atoms with Gasteiger partial charge in [0.2, 0.25) is 0 Å². The van der Waals surface area contributed by atoms with Crippen LogP contribution in [0.1, 0.15) is 24.2 Å². The molecular formula is C11H12N4O5. The highest BCUT2D eigenvalue weighted by molar-refractivity contribution is 5.95. The van der Waals surface area contributed by atoms with Gasteiger partial charge in [0.05, 0.1) is 21.5 Å². The molecule has 0 heterocycles. The topological polar surface area (TPSA) is 128 Å². The van der Waals surface area contributed by atoms with Crippen molar-refractivity contribution >= 4 is 23.5 Å². The molecule has 1 aromatic rings. The summed E-state index contributed by atoms with van der Waals surface area (Å²) in [6, 6.07) is 2.69. The molecule has 0 unspecified atom stereocenters. The number of nitro benzene ring substituents is 2. The van der Waals surface area contributed by atoms with Crippen molar-refractivity contribution in [3.63, 3.8) is 0 Å². The van der Waals surface area contributed by atoms with Gasteiger partial charge in [-0.15, -0.1) is 0 Å². The Morgan fingerprint density at radius 2 is 1.70 bits per heavy atom. The quantitative estimate of drug-likeness (QED) is 0.500. The van der Waals surface area contributed by atoms with Gasteiger partial charge in [-0.25, -0.2) is 5.43 Å². The van der Waals surface area contributed by atoms with Crippen molar-refractivity contribution in [2.45, 2.75) is 13.8 Å². The predicted octanol–water partition coefficient (Wildman–Crippen LogP) is 1.87. The van der Waals surface area contributed by atoms with E-state index in [2.05, 4.69) is 10.5 Å². The van der Waals surface area contributed by atoms with E-state index in [9.17, 15) is 25.0 Å². The molecule has 1 amide bonds. The second-order valence-electron chi connectivity index (χ2n) is 4.22. The number of carbonyl (C=O) groups excluding carboxylic acids is 1. The number of carbonyl (C=O) groups is 1. The smallest absolute Gasteiger partial charge is 0.267 e. The lowest BCUT2D eigenvalue weighted by molar-refractivity contribution is -0.394. The molecule has 0 spiro atoms. The largest absolute Gasteiger partial charge is 0.277 e. The highest BCUT2D eigenvalue weighted by atomic mass is 16.6. The van der Waals surface area contributed by atoms with Crippen molar-refractivity contribution in [3.8, 4) is 0 Å². The van der Waals surface area contributed by atoms with Crippen LogP contribution in [0.15, 0.2) is 23.3 Å². The number of non-ortho nitro benzene ring substituents is 2. The van der Waals surface area contributed by atoms with Gasteiger partial charge in [0.1, 0.15) is 0 Å². The first kappa shape index (κ1) is 15.2. The van der Waals surface area contributed by atoms with Crippen LogP contribution in [0.4, 0.5) is 11.4 Å². The van der Waals surface area contributed by atoms with E-state index in [-0.39, 0.29) is 11.5 Å². The number of hydrogen-bond donors (Lipinski definition) is 1. The van der Waals surface area contributed by atoms with Crippen LogP contribution in [0.5, 0.6) is 0 Å². The van der Waals surface area contributed by atoms with Crippen LogP contribution < -0.4 is 5.43 Å². The van der Waals surface area contributed by atoms with Crippen LogP contribution in [0.2, 0.25) is 0 Å². The molecule has 0 aliphatic carbocycles. The fraction of sp³-hybridized carbons (Fsp3) is 0.273. The van der Waals surface area contributed by atoms with E-state index < -0.39 is 27.1 Å². The van der Waals surface area contributed by atoms with Gasteiger partial charge >= 0.3 is 0 Å². The summed E-state index contributed by atoms with van der Waals surface area (Å²) in [4.78, 5) is 31.4. The Balaban J connectivity index is 3.07. The van der Waals surface area contributed by atoms with Crippen LogP contribution in [-0.4, -0.2) is 22.0 Å². The maximum absolute atomic E-state index is 11.7. The van der Waals surface area contributed by atoms with Crippen LogP contribution in [-0.2, 0) is 0 Å². The van der Waals surface area contributed by atoms with E-state index in [1.807, 2.05) is 13.8 Å². The number of hydrogen-bond acceptors (Lipinski definition) is 6. The summed E-state index contributed by atoms with van der Waals surface area (Å²) in [5, 5.41) is 25.0. The fourth-order valence-corrected chi connectivity index (χ4v) is 1.25. The Morgan fingerprint density at radius 3 is 2.10 bits per heavy atom. The van der Waals surface area contributed by atoms with E-state index >= 15 is 0 Å². The number of rotatable bonds is 5. The molecule has 106 valence electrons. The Labute approximate surface area is 113 Å². The first-order valence-corrected chi connectivity index (χ1v) is 5.58. The average molecular weight is 280 g/mol. The normalized spacial score (nSPS) is 10.8. The predicted molar refractivity (Wildman–Crippen MR) is 70.5 cm³/mol. The zero-order chi connectivity index (χ0) is 15.3. The van der Waals surface area contributed by atoms with Crippen LogP contribution in [0, 0.1) is 26.1 Å². The van der Waals surface area contributed by atoms with Crippen molar-refractivity contribution in [2.24, 2.45) is 11.0 Å². The standard InChI is InChI=1S/C11H12N4O5/c1-7(2)6-12-13-11(16)8-3-9(14(17)18)5-10(4-8)15(19)20/h3-7H,1-2H3,(H,13,16)/b12-6-. The average Bonchev–Trinajstić information content (AvgIpc) is 2.37. The Morgan fingerprint density at radius 1 is 1.20 bits per heavy atom. The molecule has 0 saturated heterocycles. The number of nitrogens with one attached hydrogen (secondary N) is 1. The van der Waals surface area contributed by atoms with Gasteiger partial charge < -0.3 is 0 Å². The fourth-order valence-electron chi connectivity index (χ4n) is 1.25. The van der Waals surface area contributed by atoms with Crippen molar-refractivity contribution in [3.05, 3.63) is 44.0 Å². The number of hydrazone groups is 1. The van der Waals surface area contributed by atoms with E-state index in [1.54, 1.807) is 0 Å². The van der Waals surface area contributed by atoms with E-state index in [4.69, 9.17) is 0 Å². The number of nitro groups is 2. The number of benzene rings is 1. The molecule has 0 saturated carbocycles. The molecule has 1 rings (SSSR count). The van der Waals surface area contributed by atoms with Crippen LogP contribution in [0.25, 0.3) is 0 Å². The van der Waals surface area contributed by atoms with Gasteiger partial charge in [0.15, 0.2) is 0 Å². The summed E-state index contributed by atoms with van der Waals surface area (Å²) in [6.45, 7) is 3.68. The van der Waals surface area contributed by atoms with Gasteiger partial charge in [-0.3, -0.25) is 25.0 Å². The molecule has 9 heteroatoms. The van der Waals surface area contributed by atoms with Gasteiger partial charge in [0, 0.05) is 18.3 Å². The molecule has 20 heavy (non-hydrogen) atoms. The van der Waals surface area contributed by atoms with Crippen molar-refractivity contribution < 1.29 is 14.6 Å². The summed E-state index contributed by atoms with van der Waals surface area (Å²) in [7, 11) is 0. The zero-order valence-electron chi connectivity index (χ0n) is 10.8. The summed E-state index contributed by atoms with van der Waals surface area (Å²) in [5.74, 6) is -0.650. The third-order valence-corrected chi connectivity index (χ3v) is 2.13. The molecule has 1 N–H and O–H groups in total. The minimum Gasteiger partial charge on any atom is -0.267 e. The van der Waals surface area contributed by atoms with E-state index in [0.29, 0.717) is 0 Å². The minimum atomic E-state index is -0.804. The third-order valence-electron chi connectivity index (χ3n) is 2.13. The highest BCUT2D eigenvalue weighted by Crippen LogP contribution is 2.22. The summed E-state index contributed by atoms with van der Waals surface area (Å²) in [5.41, 5.74) is 0.885. The van der Waals surface area contributed by atoms with Crippen LogP contribution in [0.3, 0.4) is 0 Å². The lowest BCUT2D eigenvalue weighted by atomic mass is 10.1. The maximum Gasteiger partial charge on any atom is 0.277 e. The van der Waals surface area contributed by atoms with Crippen molar-refractivity contribution in [1.29, 1.82) is 0 Å². The maximum atomic E-state index is 11.7. The minimum absolute atomic E-state index is 0.106. The lowest BCUT2D eigenvalue weighted by Crippen LogP contribution is -2.18. The summed E-state index contributed by atoms with van der Waals surface area (Å²) in [6.07, 6.45) is 1.46. The molecule has 0 aliphatic heterocycles. The molecule has 9 nitrogen and oxygen atoms in total. The van der Waals surface area contributed by atoms with E-state index in [0.717, 1.165) is 18.2 Å². The monoisotopic (exact) mass is 280 g/mol. The first-order chi connectivity index (χ1) is 9.31. The highest BCUT2D eigenvalue weighted by Gasteiger charge is 2.19. The third kappa shape index (κ3) is 4.12. The van der Waals surface area contributed by atoms with Gasteiger partial charge in [-0.1, -0.05) is 13.8 Å². The second-order valence-corrected chi connectivity index (χ2v) is 4.22.